The van der Waals surface area contributed by atoms with Crippen LogP contribution in [-0.2, 0) is 23.0 Å². The summed E-state index contributed by atoms with van der Waals surface area (Å²) in [5.41, 5.74) is 0.628. The molecule has 20 heavy (non-hydrogen) atoms. The van der Waals surface area contributed by atoms with E-state index in [2.05, 4.69) is 0 Å². The Kier molecular flexibility index (Phi) is 4.57. The minimum atomic E-state index is -3.51. The van der Waals surface area contributed by atoms with Gasteiger partial charge in [0, 0.05) is 18.5 Å². The van der Waals surface area contributed by atoms with Gasteiger partial charge in [0.2, 0.25) is 0 Å². The van der Waals surface area contributed by atoms with Crippen LogP contribution in [0.4, 0.5) is 4.39 Å². The average Bonchev–Trinajstić information content (AvgIpc) is 2.88. The van der Waals surface area contributed by atoms with E-state index in [1.165, 1.54) is 34.8 Å². The smallest absolute Gasteiger partial charge is 0.207 e. The number of aryl methyl sites for hydroxylation is 1. The van der Waals surface area contributed by atoms with Crippen molar-refractivity contribution in [3.63, 3.8) is 0 Å². The third kappa shape index (κ3) is 3.26. The molecule has 0 atom stereocenters. The van der Waals surface area contributed by atoms with Gasteiger partial charge in [0.05, 0.1) is 0 Å². The molecule has 0 radical (unpaired) electrons. The van der Waals surface area contributed by atoms with Gasteiger partial charge in [-0.05, 0) is 36.2 Å². The number of hydrogen-bond acceptors (Lipinski definition) is 3. The van der Waals surface area contributed by atoms with Gasteiger partial charge in [0.25, 0.3) is 10.0 Å². The van der Waals surface area contributed by atoms with Gasteiger partial charge in [-0.3, -0.25) is 0 Å². The quantitative estimate of drug-likeness (QED) is 0.849. The van der Waals surface area contributed by atoms with Gasteiger partial charge in [-0.1, -0.05) is 19.1 Å². The van der Waals surface area contributed by atoms with E-state index in [1.54, 1.807) is 18.2 Å². The molecule has 108 valence electrons. The van der Waals surface area contributed by atoms with Crippen LogP contribution in [0.15, 0.2) is 40.6 Å². The maximum atomic E-state index is 13.1. The average molecular weight is 313 g/mol. The zero-order valence-corrected chi connectivity index (χ0v) is 13.0. The second kappa shape index (κ2) is 6.03. The highest BCUT2D eigenvalue weighted by Gasteiger charge is 2.22. The Balaban J connectivity index is 2.21. The highest BCUT2D eigenvalue weighted by atomic mass is 32.2. The van der Waals surface area contributed by atoms with Crippen molar-refractivity contribution in [1.82, 2.24) is 4.31 Å². The molecular formula is C14H16FNO2S2. The Bertz CT molecular complexity index is 695. The van der Waals surface area contributed by atoms with Crippen molar-refractivity contribution in [2.24, 2.45) is 0 Å². The topological polar surface area (TPSA) is 37.4 Å². The summed E-state index contributed by atoms with van der Waals surface area (Å²) in [6.07, 6.45) is 0.813. The second-order valence-corrected chi connectivity index (χ2v) is 7.91. The van der Waals surface area contributed by atoms with Crippen LogP contribution in [0.2, 0.25) is 0 Å². The molecule has 3 nitrogen and oxygen atoms in total. The zero-order chi connectivity index (χ0) is 14.8. The Morgan fingerprint density at radius 2 is 2.00 bits per heavy atom. The number of halogens is 1. The molecular weight excluding hydrogens is 297 g/mol. The normalized spacial score (nSPS) is 12.0. The van der Waals surface area contributed by atoms with Crippen molar-refractivity contribution in [3.05, 3.63) is 52.7 Å². The van der Waals surface area contributed by atoms with Crippen LogP contribution in [0.3, 0.4) is 0 Å². The minimum Gasteiger partial charge on any atom is -0.207 e. The molecule has 0 aliphatic carbocycles. The van der Waals surface area contributed by atoms with E-state index in [4.69, 9.17) is 0 Å². The summed E-state index contributed by atoms with van der Waals surface area (Å²) in [5, 5.41) is 0. The van der Waals surface area contributed by atoms with Crippen molar-refractivity contribution in [2.45, 2.75) is 24.1 Å². The molecule has 0 saturated carbocycles. The molecule has 0 fully saturated rings. The molecule has 0 saturated heterocycles. The molecule has 0 amide bonds. The molecule has 1 aromatic carbocycles. The third-order valence-electron chi connectivity index (χ3n) is 2.94. The van der Waals surface area contributed by atoms with Gasteiger partial charge < -0.3 is 0 Å². The van der Waals surface area contributed by atoms with E-state index in [0.717, 1.165) is 11.3 Å². The first-order chi connectivity index (χ1) is 9.43. The van der Waals surface area contributed by atoms with Gasteiger partial charge in [-0.15, -0.1) is 11.3 Å². The standard InChI is InChI=1S/C14H16FNO2S2/c1-3-13-7-8-14(19-13)20(17,18)16(2)10-11-5-4-6-12(15)9-11/h4-9H,3,10H2,1-2H3. The van der Waals surface area contributed by atoms with Crippen molar-refractivity contribution >= 4 is 21.4 Å². The maximum Gasteiger partial charge on any atom is 0.252 e. The molecule has 0 bridgehead atoms. The monoisotopic (exact) mass is 313 g/mol. The Hall–Kier alpha value is -1.24. The summed E-state index contributed by atoms with van der Waals surface area (Å²) < 4.78 is 39.5. The lowest BCUT2D eigenvalue weighted by molar-refractivity contribution is 0.467. The zero-order valence-electron chi connectivity index (χ0n) is 11.3. The van der Waals surface area contributed by atoms with Crippen LogP contribution in [0.1, 0.15) is 17.4 Å². The Morgan fingerprint density at radius 3 is 2.60 bits per heavy atom. The molecule has 0 N–H and O–H groups in total. The Labute approximate surface area is 122 Å². The number of hydrogen-bond donors (Lipinski definition) is 0. The predicted octanol–water partition coefficient (Wildman–Crippen LogP) is 3.27. The first kappa shape index (κ1) is 15.2. The highest BCUT2D eigenvalue weighted by molar-refractivity contribution is 7.91. The fourth-order valence-electron chi connectivity index (χ4n) is 1.82. The third-order valence-corrected chi connectivity index (χ3v) is 6.44. The second-order valence-electron chi connectivity index (χ2n) is 4.47. The predicted molar refractivity (Wildman–Crippen MR) is 78.7 cm³/mol. The lowest BCUT2D eigenvalue weighted by Gasteiger charge is -2.16. The van der Waals surface area contributed by atoms with E-state index < -0.39 is 10.0 Å². The first-order valence-corrected chi connectivity index (χ1v) is 8.48. The first-order valence-electron chi connectivity index (χ1n) is 6.23. The number of sulfonamides is 1. The minimum absolute atomic E-state index is 0.152. The molecule has 0 unspecified atom stereocenters. The van der Waals surface area contributed by atoms with Crippen molar-refractivity contribution < 1.29 is 12.8 Å². The van der Waals surface area contributed by atoms with E-state index in [0.29, 0.717) is 9.77 Å². The molecule has 2 aromatic rings. The van der Waals surface area contributed by atoms with Crippen LogP contribution < -0.4 is 0 Å². The number of nitrogens with zero attached hydrogens (tertiary/aromatic N) is 1. The van der Waals surface area contributed by atoms with Crippen LogP contribution in [-0.4, -0.2) is 19.8 Å². The van der Waals surface area contributed by atoms with Crippen LogP contribution in [0, 0.1) is 5.82 Å². The maximum absolute atomic E-state index is 13.1. The summed E-state index contributed by atoms with van der Waals surface area (Å²) in [5.74, 6) is -0.363. The molecule has 0 spiro atoms. The van der Waals surface area contributed by atoms with Gasteiger partial charge in [0.15, 0.2) is 0 Å². The summed E-state index contributed by atoms with van der Waals surface area (Å²) >= 11 is 1.28. The lowest BCUT2D eigenvalue weighted by Crippen LogP contribution is -2.25. The van der Waals surface area contributed by atoms with Crippen molar-refractivity contribution in [3.8, 4) is 0 Å². The van der Waals surface area contributed by atoms with Crippen LogP contribution in [0.25, 0.3) is 0 Å². The van der Waals surface area contributed by atoms with Crippen LogP contribution in [0.5, 0.6) is 0 Å². The van der Waals surface area contributed by atoms with Gasteiger partial charge in [-0.25, -0.2) is 12.8 Å². The fraction of sp³-hybridized carbons (Fsp3) is 0.286. The molecule has 1 heterocycles. The van der Waals surface area contributed by atoms with Crippen molar-refractivity contribution in [2.75, 3.05) is 7.05 Å². The summed E-state index contributed by atoms with van der Waals surface area (Å²) in [4.78, 5) is 1.03. The van der Waals surface area contributed by atoms with E-state index in [1.807, 2.05) is 13.0 Å². The highest BCUT2D eigenvalue weighted by Crippen LogP contribution is 2.25. The van der Waals surface area contributed by atoms with Gasteiger partial charge >= 0.3 is 0 Å². The fourth-order valence-corrected chi connectivity index (χ4v) is 4.48. The molecule has 0 aliphatic heterocycles. The van der Waals surface area contributed by atoms with E-state index in [9.17, 15) is 12.8 Å². The van der Waals surface area contributed by atoms with Crippen molar-refractivity contribution in [1.29, 1.82) is 0 Å². The largest absolute Gasteiger partial charge is 0.252 e. The van der Waals surface area contributed by atoms with E-state index >= 15 is 0 Å². The molecule has 2 rings (SSSR count). The molecule has 6 heteroatoms. The molecule has 1 aromatic heterocycles. The SMILES string of the molecule is CCc1ccc(S(=O)(=O)N(C)Cc2cccc(F)c2)s1. The number of rotatable bonds is 5. The molecule has 0 aliphatic rings. The number of benzene rings is 1. The number of thiophene rings is 1. The van der Waals surface area contributed by atoms with Gasteiger partial charge in [-0.2, -0.15) is 4.31 Å². The Morgan fingerprint density at radius 1 is 1.25 bits per heavy atom. The summed E-state index contributed by atoms with van der Waals surface area (Å²) in [6, 6.07) is 9.42. The van der Waals surface area contributed by atoms with E-state index in [-0.39, 0.29) is 12.4 Å². The van der Waals surface area contributed by atoms with Crippen LogP contribution >= 0.6 is 11.3 Å². The van der Waals surface area contributed by atoms with Gasteiger partial charge in [0.1, 0.15) is 10.0 Å². The lowest BCUT2D eigenvalue weighted by atomic mass is 10.2. The summed E-state index contributed by atoms with van der Waals surface area (Å²) in [6.45, 7) is 2.14. The summed E-state index contributed by atoms with van der Waals surface area (Å²) in [7, 11) is -2.00.